The largest absolute Gasteiger partial charge is 0.336 e. The van der Waals surface area contributed by atoms with Crippen molar-refractivity contribution in [3.05, 3.63) is 48.6 Å². The summed E-state index contributed by atoms with van der Waals surface area (Å²) < 4.78 is 15.4. The van der Waals surface area contributed by atoms with Crippen LogP contribution in [0.5, 0.6) is 0 Å². The lowest BCUT2D eigenvalue weighted by molar-refractivity contribution is 0.225. The second kappa shape index (κ2) is 6.35. The fourth-order valence-electron chi connectivity index (χ4n) is 2.25. The molecule has 0 fully saturated rings. The van der Waals surface area contributed by atoms with Crippen molar-refractivity contribution in [3.8, 4) is 0 Å². The summed E-state index contributed by atoms with van der Waals surface area (Å²) in [6.07, 6.45) is 8.48. The first-order chi connectivity index (χ1) is 9.86. The van der Waals surface area contributed by atoms with Gasteiger partial charge < -0.3 is 9.88 Å². The topological polar surface area (TPSA) is 42.7 Å². The van der Waals surface area contributed by atoms with E-state index in [9.17, 15) is 4.39 Å². The van der Waals surface area contributed by atoms with Crippen LogP contribution in [0.1, 0.15) is 39.3 Å². The first-order valence-electron chi connectivity index (χ1n) is 7.18. The molecule has 2 atom stereocenters. The van der Waals surface area contributed by atoms with Gasteiger partial charge >= 0.3 is 0 Å². The van der Waals surface area contributed by atoms with Crippen molar-refractivity contribution < 1.29 is 4.39 Å². The molecule has 0 aliphatic heterocycles. The van der Waals surface area contributed by atoms with Gasteiger partial charge in [0.1, 0.15) is 5.82 Å². The number of nitrogens with one attached hydrogen (secondary N) is 1. The number of nitrogens with zero attached hydrogens (tertiary/aromatic N) is 3. The van der Waals surface area contributed by atoms with E-state index in [1.165, 1.54) is 12.3 Å². The Balaban J connectivity index is 2.11. The van der Waals surface area contributed by atoms with Gasteiger partial charge in [-0.15, -0.1) is 0 Å². The predicted molar refractivity (Wildman–Crippen MR) is 81.2 cm³/mol. The van der Waals surface area contributed by atoms with E-state index in [2.05, 4.69) is 40.6 Å². The summed E-state index contributed by atoms with van der Waals surface area (Å²) in [4.78, 5) is 8.00. The number of imidazole rings is 1. The highest BCUT2D eigenvalue weighted by Crippen LogP contribution is 2.24. The molecular weight excluding hydrogens is 267 g/mol. The number of pyridine rings is 1. The van der Waals surface area contributed by atoms with Crippen molar-refractivity contribution in [1.82, 2.24) is 19.9 Å². The summed E-state index contributed by atoms with van der Waals surface area (Å²) in [6, 6.07) is 1.78. The van der Waals surface area contributed by atoms with Crippen molar-refractivity contribution in [3.63, 3.8) is 0 Å². The van der Waals surface area contributed by atoms with Crippen LogP contribution in [0.4, 0.5) is 4.39 Å². The third-order valence-corrected chi connectivity index (χ3v) is 3.68. The number of aromatic nitrogens is 3. The predicted octanol–water partition coefficient (Wildman–Crippen LogP) is 3.18. The smallest absolute Gasteiger partial charge is 0.141 e. The SMILES string of the molecule is CC(NC(Cn1ccnc1)C(C)(C)C)c1cncc(F)c1. The molecule has 0 aliphatic carbocycles. The molecular formula is C16H23FN4. The molecule has 0 saturated carbocycles. The van der Waals surface area contributed by atoms with E-state index in [1.54, 1.807) is 12.4 Å². The van der Waals surface area contributed by atoms with Gasteiger partial charge in [0, 0.05) is 37.2 Å². The van der Waals surface area contributed by atoms with Gasteiger partial charge in [0.15, 0.2) is 0 Å². The van der Waals surface area contributed by atoms with Gasteiger partial charge in [0.05, 0.1) is 12.5 Å². The van der Waals surface area contributed by atoms with Crippen molar-refractivity contribution in [1.29, 1.82) is 0 Å². The Labute approximate surface area is 125 Å². The molecule has 2 heterocycles. The minimum absolute atomic E-state index is 0.0287. The zero-order valence-corrected chi connectivity index (χ0v) is 13.0. The molecule has 4 nitrogen and oxygen atoms in total. The summed E-state index contributed by atoms with van der Waals surface area (Å²) in [5.41, 5.74) is 0.925. The first kappa shape index (κ1) is 15.6. The first-order valence-corrected chi connectivity index (χ1v) is 7.18. The summed E-state index contributed by atoms with van der Waals surface area (Å²) in [5, 5.41) is 3.58. The lowest BCUT2D eigenvalue weighted by atomic mass is 9.86. The Morgan fingerprint density at radius 3 is 2.62 bits per heavy atom. The third kappa shape index (κ3) is 4.36. The highest BCUT2D eigenvalue weighted by Gasteiger charge is 2.26. The molecule has 0 aliphatic rings. The lowest BCUT2D eigenvalue weighted by Crippen LogP contribution is -2.44. The molecule has 114 valence electrons. The highest BCUT2D eigenvalue weighted by molar-refractivity contribution is 5.14. The van der Waals surface area contributed by atoms with Gasteiger partial charge in [0.25, 0.3) is 0 Å². The number of halogens is 1. The molecule has 0 aromatic carbocycles. The van der Waals surface area contributed by atoms with E-state index in [1.807, 2.05) is 19.4 Å². The molecule has 0 amide bonds. The molecule has 2 unspecified atom stereocenters. The van der Waals surface area contributed by atoms with Crippen LogP contribution >= 0.6 is 0 Å². The average Bonchev–Trinajstić information content (AvgIpc) is 2.89. The van der Waals surface area contributed by atoms with Gasteiger partial charge in [-0.1, -0.05) is 20.8 Å². The second-order valence-corrected chi connectivity index (χ2v) is 6.50. The van der Waals surface area contributed by atoms with Crippen LogP contribution in [-0.4, -0.2) is 20.6 Å². The Bertz CT molecular complexity index is 560. The third-order valence-electron chi connectivity index (χ3n) is 3.68. The van der Waals surface area contributed by atoms with Crippen LogP contribution in [0.25, 0.3) is 0 Å². The molecule has 0 bridgehead atoms. The van der Waals surface area contributed by atoms with Crippen LogP contribution in [0, 0.1) is 11.2 Å². The minimum Gasteiger partial charge on any atom is -0.336 e. The second-order valence-electron chi connectivity index (χ2n) is 6.50. The van der Waals surface area contributed by atoms with E-state index in [-0.39, 0.29) is 23.3 Å². The molecule has 2 aromatic heterocycles. The van der Waals surface area contributed by atoms with Gasteiger partial charge in [-0.3, -0.25) is 4.98 Å². The number of hydrogen-bond donors (Lipinski definition) is 1. The average molecular weight is 290 g/mol. The van der Waals surface area contributed by atoms with Crippen molar-refractivity contribution in [2.24, 2.45) is 5.41 Å². The summed E-state index contributed by atoms with van der Waals surface area (Å²) in [5.74, 6) is -0.303. The zero-order valence-electron chi connectivity index (χ0n) is 13.0. The maximum absolute atomic E-state index is 13.3. The van der Waals surface area contributed by atoms with Crippen molar-refractivity contribution >= 4 is 0 Å². The van der Waals surface area contributed by atoms with Crippen molar-refractivity contribution in [2.75, 3.05) is 0 Å². The van der Waals surface area contributed by atoms with Gasteiger partial charge in [-0.05, 0) is 24.0 Å². The van der Waals surface area contributed by atoms with Crippen LogP contribution < -0.4 is 5.32 Å². The Morgan fingerprint density at radius 1 is 1.29 bits per heavy atom. The Hall–Kier alpha value is -1.75. The van der Waals surface area contributed by atoms with Gasteiger partial charge in [-0.2, -0.15) is 0 Å². The number of rotatable bonds is 5. The molecule has 2 rings (SSSR count). The zero-order chi connectivity index (χ0) is 15.5. The minimum atomic E-state index is -0.303. The van der Waals surface area contributed by atoms with Gasteiger partial charge in [-0.25, -0.2) is 9.37 Å². The van der Waals surface area contributed by atoms with E-state index >= 15 is 0 Å². The molecule has 1 N–H and O–H groups in total. The molecule has 0 saturated heterocycles. The fraction of sp³-hybridized carbons (Fsp3) is 0.500. The monoisotopic (exact) mass is 290 g/mol. The Morgan fingerprint density at radius 2 is 2.05 bits per heavy atom. The van der Waals surface area contributed by atoms with Crippen LogP contribution in [0.3, 0.4) is 0 Å². The molecule has 21 heavy (non-hydrogen) atoms. The standard InChI is InChI=1S/C16H23FN4/c1-12(13-7-14(17)9-19-8-13)20-15(16(2,3)4)10-21-6-5-18-11-21/h5-9,11-12,15,20H,10H2,1-4H3. The molecule has 0 radical (unpaired) electrons. The summed E-state index contributed by atoms with van der Waals surface area (Å²) in [6.45, 7) is 9.42. The quantitative estimate of drug-likeness (QED) is 0.919. The summed E-state index contributed by atoms with van der Waals surface area (Å²) in [7, 11) is 0. The molecule has 5 heteroatoms. The van der Waals surface area contributed by atoms with Crippen LogP contribution in [-0.2, 0) is 6.54 Å². The fourth-order valence-corrected chi connectivity index (χ4v) is 2.25. The Kier molecular flexibility index (Phi) is 4.73. The van der Waals surface area contributed by atoms with E-state index in [0.717, 1.165) is 12.1 Å². The summed E-state index contributed by atoms with van der Waals surface area (Å²) >= 11 is 0. The van der Waals surface area contributed by atoms with Crippen LogP contribution in [0.15, 0.2) is 37.2 Å². The maximum atomic E-state index is 13.3. The van der Waals surface area contributed by atoms with Gasteiger partial charge in [0.2, 0.25) is 0 Å². The van der Waals surface area contributed by atoms with E-state index in [0.29, 0.717) is 0 Å². The number of hydrogen-bond acceptors (Lipinski definition) is 3. The van der Waals surface area contributed by atoms with E-state index < -0.39 is 0 Å². The lowest BCUT2D eigenvalue weighted by Gasteiger charge is -2.34. The van der Waals surface area contributed by atoms with Crippen LogP contribution in [0.2, 0.25) is 0 Å². The molecule has 2 aromatic rings. The van der Waals surface area contributed by atoms with Crippen molar-refractivity contribution in [2.45, 2.75) is 46.3 Å². The highest BCUT2D eigenvalue weighted by atomic mass is 19.1. The maximum Gasteiger partial charge on any atom is 0.141 e. The normalized spacial score (nSPS) is 14.9. The van der Waals surface area contributed by atoms with E-state index in [4.69, 9.17) is 0 Å². The molecule has 0 spiro atoms.